The summed E-state index contributed by atoms with van der Waals surface area (Å²) < 4.78 is 28.2. The van der Waals surface area contributed by atoms with E-state index in [0.29, 0.717) is 38.8 Å². The van der Waals surface area contributed by atoms with Gasteiger partial charge in [0.05, 0.1) is 15.5 Å². The fraction of sp³-hybridized carbons (Fsp3) is 0. The molecule has 5 N–H and O–H groups in total. The van der Waals surface area contributed by atoms with Gasteiger partial charge in [-0.25, -0.2) is 18.4 Å². The highest BCUT2D eigenvalue weighted by atomic mass is 35.5. The van der Waals surface area contributed by atoms with Crippen LogP contribution in [-0.2, 0) is 10.0 Å². The molecule has 0 aliphatic heterocycles. The molecule has 14 heteroatoms. The number of sulfonamides is 1. The zero-order valence-corrected chi connectivity index (χ0v) is 22.5. The molecule has 3 amide bonds. The molecule has 0 fully saturated rings. The minimum atomic E-state index is -3.83. The van der Waals surface area contributed by atoms with Crippen LogP contribution in [-0.4, -0.2) is 35.5 Å². The molecule has 2 aromatic heterocycles. The van der Waals surface area contributed by atoms with Crippen molar-refractivity contribution in [2.45, 2.75) is 4.90 Å². The van der Waals surface area contributed by atoms with Crippen molar-refractivity contribution in [2.24, 2.45) is 5.14 Å². The van der Waals surface area contributed by atoms with E-state index in [-0.39, 0.29) is 22.5 Å². The number of hydrogen-bond acceptors (Lipinski definition) is 8. The predicted molar refractivity (Wildman–Crippen MR) is 153 cm³/mol. The zero-order valence-electron chi connectivity index (χ0n) is 20.9. The topological polar surface area (TPSA) is 182 Å². The Kier molecular flexibility index (Phi) is 7.74. The van der Waals surface area contributed by atoms with Crippen molar-refractivity contribution in [3.63, 3.8) is 0 Å². The van der Waals surface area contributed by atoms with Gasteiger partial charge in [0.1, 0.15) is 0 Å². The van der Waals surface area contributed by atoms with Gasteiger partial charge in [0.15, 0.2) is 0 Å². The van der Waals surface area contributed by atoms with Gasteiger partial charge >= 0.3 is 6.03 Å². The number of carbonyl (C=O) groups excluding carboxylic acids is 2. The number of hydrogen-bond donors (Lipinski definition) is 4. The van der Waals surface area contributed by atoms with Crippen LogP contribution in [0.4, 0.5) is 21.9 Å². The van der Waals surface area contributed by atoms with Crippen molar-refractivity contribution in [1.29, 1.82) is 0 Å². The number of aromatic nitrogens is 3. The van der Waals surface area contributed by atoms with Gasteiger partial charge in [0.25, 0.3) is 11.8 Å². The minimum Gasteiger partial charge on any atom is -0.334 e. The Bertz CT molecular complexity index is 1850. The van der Waals surface area contributed by atoms with E-state index >= 15 is 0 Å². The Morgan fingerprint density at radius 1 is 0.854 bits per heavy atom. The summed E-state index contributed by atoms with van der Waals surface area (Å²) in [6.07, 6.45) is 3.04. The number of primary sulfonamides is 1. The van der Waals surface area contributed by atoms with Gasteiger partial charge in [-0.1, -0.05) is 22.8 Å². The second-order valence-corrected chi connectivity index (χ2v) is 10.5. The van der Waals surface area contributed by atoms with Crippen LogP contribution in [0.1, 0.15) is 10.4 Å². The van der Waals surface area contributed by atoms with E-state index in [9.17, 15) is 18.0 Å². The molecule has 0 saturated carbocycles. The number of rotatable bonds is 7. The number of pyridine rings is 1. The fourth-order valence-electron chi connectivity index (χ4n) is 3.68. The first kappa shape index (κ1) is 27.5. The second-order valence-electron chi connectivity index (χ2n) is 8.54. The van der Waals surface area contributed by atoms with Crippen molar-refractivity contribution < 1.29 is 22.5 Å². The molecule has 0 aliphatic carbocycles. The van der Waals surface area contributed by atoms with Crippen molar-refractivity contribution in [2.75, 3.05) is 16.0 Å². The van der Waals surface area contributed by atoms with E-state index < -0.39 is 16.1 Å². The maximum atomic E-state index is 12.5. The monoisotopic (exact) mass is 589 g/mol. The third-order valence-corrected chi connectivity index (χ3v) is 6.87. The molecule has 3 aromatic carbocycles. The Morgan fingerprint density at radius 3 is 2.29 bits per heavy atom. The van der Waals surface area contributed by atoms with Crippen LogP contribution in [0.5, 0.6) is 0 Å². The van der Waals surface area contributed by atoms with Crippen molar-refractivity contribution in [3.8, 4) is 22.8 Å². The van der Waals surface area contributed by atoms with Crippen LogP contribution in [0.3, 0.4) is 0 Å². The molecular formula is C27H20ClN7O5S. The van der Waals surface area contributed by atoms with Crippen molar-refractivity contribution >= 4 is 50.6 Å². The second kappa shape index (κ2) is 11.6. The molecule has 41 heavy (non-hydrogen) atoms. The molecule has 0 atom stereocenters. The third-order valence-electron chi connectivity index (χ3n) is 5.63. The lowest BCUT2D eigenvalue weighted by atomic mass is 10.1. The van der Waals surface area contributed by atoms with Crippen LogP contribution in [0.25, 0.3) is 22.8 Å². The normalized spacial score (nSPS) is 11.1. The molecule has 2 heterocycles. The number of halogens is 1. The standard InChI is InChI=1S/C27H20ClN7O5S/c28-23-14-20(31-25(36)17-4-2-12-30-15-17)8-11-22(23)24-34-26(40-35-24)16-3-1-5-19(13-16)33-27(37)32-18-6-9-21(10-7-18)41(29,38)39/h1-15H,(H,31,36)(H2,29,38,39)(H2,32,33,37). The summed E-state index contributed by atoms with van der Waals surface area (Å²) in [6, 6.07) is 19.8. The van der Waals surface area contributed by atoms with E-state index in [1.165, 1.54) is 30.5 Å². The van der Waals surface area contributed by atoms with Gasteiger partial charge in [-0.15, -0.1) is 0 Å². The van der Waals surface area contributed by atoms with Crippen molar-refractivity contribution in [3.05, 3.63) is 102 Å². The Hall–Kier alpha value is -5.11. The molecule has 5 aromatic rings. The van der Waals surface area contributed by atoms with Gasteiger partial charge < -0.3 is 20.5 Å². The summed E-state index contributed by atoms with van der Waals surface area (Å²) in [6.45, 7) is 0. The number of benzene rings is 3. The fourth-order valence-corrected chi connectivity index (χ4v) is 4.46. The first-order chi connectivity index (χ1) is 19.7. The molecule has 12 nitrogen and oxygen atoms in total. The first-order valence-corrected chi connectivity index (χ1v) is 13.7. The summed E-state index contributed by atoms with van der Waals surface area (Å²) in [7, 11) is -3.83. The van der Waals surface area contributed by atoms with Crippen LogP contribution in [0.2, 0.25) is 5.02 Å². The summed E-state index contributed by atoms with van der Waals surface area (Å²) in [5.74, 6) is 0.0905. The van der Waals surface area contributed by atoms with Crippen LogP contribution in [0, 0.1) is 0 Å². The van der Waals surface area contributed by atoms with Gasteiger partial charge in [0, 0.05) is 40.6 Å². The maximum Gasteiger partial charge on any atom is 0.323 e. The number of nitrogens with two attached hydrogens (primary N) is 1. The van der Waals surface area contributed by atoms with Gasteiger partial charge in [-0.05, 0) is 72.8 Å². The van der Waals surface area contributed by atoms with E-state index in [4.69, 9.17) is 21.3 Å². The zero-order chi connectivity index (χ0) is 29.0. The SMILES string of the molecule is NS(=O)(=O)c1ccc(NC(=O)Nc2cccc(-c3nc(-c4ccc(NC(=O)c5cccnc5)cc4Cl)no3)c2)cc1. The number of amides is 3. The summed E-state index contributed by atoms with van der Waals surface area (Å²) >= 11 is 6.45. The number of nitrogens with zero attached hydrogens (tertiary/aromatic N) is 3. The van der Waals surface area contributed by atoms with E-state index in [1.54, 1.807) is 60.8 Å². The smallest absolute Gasteiger partial charge is 0.323 e. The molecule has 0 aliphatic rings. The highest BCUT2D eigenvalue weighted by Crippen LogP contribution is 2.31. The van der Waals surface area contributed by atoms with Gasteiger partial charge in [-0.2, -0.15) is 4.98 Å². The van der Waals surface area contributed by atoms with Gasteiger partial charge in [0.2, 0.25) is 15.8 Å². The van der Waals surface area contributed by atoms with Gasteiger partial charge in [-0.3, -0.25) is 9.78 Å². The van der Waals surface area contributed by atoms with E-state index in [0.717, 1.165) is 0 Å². The molecule has 206 valence electrons. The molecule has 5 rings (SSSR count). The van der Waals surface area contributed by atoms with E-state index in [1.807, 2.05) is 0 Å². The summed E-state index contributed by atoms with van der Waals surface area (Å²) in [4.78, 5) is 33.1. The predicted octanol–water partition coefficient (Wildman–Crippen LogP) is 5.00. The first-order valence-electron chi connectivity index (χ1n) is 11.8. The maximum absolute atomic E-state index is 12.5. The highest BCUT2D eigenvalue weighted by Gasteiger charge is 2.16. The summed E-state index contributed by atoms with van der Waals surface area (Å²) in [5, 5.41) is 17.4. The lowest BCUT2D eigenvalue weighted by Gasteiger charge is -2.08. The summed E-state index contributed by atoms with van der Waals surface area (Å²) in [5.41, 5.74) is 2.72. The van der Waals surface area contributed by atoms with Crippen molar-refractivity contribution in [1.82, 2.24) is 15.1 Å². The highest BCUT2D eigenvalue weighted by molar-refractivity contribution is 7.89. The number of urea groups is 1. The molecule has 0 unspecified atom stereocenters. The lowest BCUT2D eigenvalue weighted by Crippen LogP contribution is -2.19. The average molecular weight is 590 g/mol. The molecule has 0 radical (unpaired) electrons. The van der Waals surface area contributed by atoms with Crippen LogP contribution < -0.4 is 21.1 Å². The molecule has 0 bridgehead atoms. The Balaban J connectivity index is 1.25. The molecule has 0 saturated heterocycles. The van der Waals surface area contributed by atoms with E-state index in [2.05, 4.69) is 31.1 Å². The van der Waals surface area contributed by atoms with Crippen LogP contribution >= 0.6 is 11.6 Å². The number of anilines is 3. The third kappa shape index (κ3) is 6.73. The molecule has 0 spiro atoms. The minimum absolute atomic E-state index is 0.0695. The average Bonchev–Trinajstić information content (AvgIpc) is 3.44. The van der Waals surface area contributed by atoms with Crippen LogP contribution in [0.15, 0.2) is 101 Å². The largest absolute Gasteiger partial charge is 0.334 e. The lowest BCUT2D eigenvalue weighted by molar-refractivity contribution is 0.102. The number of carbonyl (C=O) groups is 2. The molecular weight excluding hydrogens is 570 g/mol. The Labute approximate surface area is 238 Å². The number of nitrogens with one attached hydrogen (secondary N) is 3. The quantitative estimate of drug-likeness (QED) is 0.204. The Morgan fingerprint density at radius 2 is 1.59 bits per heavy atom.